The van der Waals surface area contributed by atoms with E-state index < -0.39 is 11.9 Å². The van der Waals surface area contributed by atoms with Gasteiger partial charge in [0, 0.05) is 22.2 Å². The van der Waals surface area contributed by atoms with Crippen LogP contribution in [0.15, 0.2) is 72.8 Å². The van der Waals surface area contributed by atoms with Crippen molar-refractivity contribution in [1.29, 1.82) is 0 Å². The zero-order valence-corrected chi connectivity index (χ0v) is 14.6. The lowest BCUT2D eigenvalue weighted by Crippen LogP contribution is -2.20. The number of ether oxygens (including phenoxy) is 1. The third kappa shape index (κ3) is 4.49. The highest BCUT2D eigenvalue weighted by molar-refractivity contribution is 6.32. The lowest BCUT2D eigenvalue weighted by Gasteiger charge is -2.08. The minimum absolute atomic E-state index is 0.366. The van der Waals surface area contributed by atoms with E-state index in [-0.39, 0.29) is 6.61 Å². The van der Waals surface area contributed by atoms with E-state index in [0.29, 0.717) is 16.3 Å². The van der Waals surface area contributed by atoms with Crippen LogP contribution in [0.5, 0.6) is 0 Å². The van der Waals surface area contributed by atoms with Crippen LogP contribution >= 0.6 is 11.6 Å². The Balaban J connectivity index is 1.57. The molecule has 0 radical (unpaired) electrons. The van der Waals surface area contributed by atoms with Crippen LogP contribution < -0.4 is 5.32 Å². The fourth-order valence-corrected chi connectivity index (χ4v) is 2.67. The number of anilines is 1. The molecule has 0 unspecified atom stereocenters. The summed E-state index contributed by atoms with van der Waals surface area (Å²) in [6, 6.07) is 20.5. The Labute approximate surface area is 156 Å². The van der Waals surface area contributed by atoms with Crippen LogP contribution in [0.1, 0.15) is 5.56 Å². The Hall–Kier alpha value is -3.11. The van der Waals surface area contributed by atoms with E-state index in [2.05, 4.69) is 5.32 Å². The van der Waals surface area contributed by atoms with Gasteiger partial charge in [-0.2, -0.15) is 0 Å². The molecule has 0 saturated carbocycles. The maximum Gasteiger partial charge on any atom is 0.331 e. The fraction of sp³-hybridized carbons (Fsp3) is 0.0476. The lowest BCUT2D eigenvalue weighted by atomic mass is 10.1. The minimum Gasteiger partial charge on any atom is -0.452 e. The number of hydrogen-bond donors (Lipinski definition) is 1. The summed E-state index contributed by atoms with van der Waals surface area (Å²) in [4.78, 5) is 23.8. The Bertz CT molecular complexity index is 976. The molecule has 0 atom stereocenters. The van der Waals surface area contributed by atoms with Gasteiger partial charge in [-0.25, -0.2) is 4.79 Å². The van der Waals surface area contributed by atoms with Crippen LogP contribution in [0.25, 0.3) is 16.8 Å². The molecule has 26 heavy (non-hydrogen) atoms. The average molecular weight is 366 g/mol. The number of nitrogens with one attached hydrogen (secondary N) is 1. The summed E-state index contributed by atoms with van der Waals surface area (Å²) in [5, 5.41) is 5.24. The zero-order chi connectivity index (χ0) is 18.4. The third-order valence-electron chi connectivity index (χ3n) is 3.71. The monoisotopic (exact) mass is 365 g/mol. The highest BCUT2D eigenvalue weighted by atomic mass is 35.5. The van der Waals surface area contributed by atoms with Crippen molar-refractivity contribution in [3.05, 3.63) is 83.4 Å². The summed E-state index contributed by atoms with van der Waals surface area (Å²) in [7, 11) is 0. The molecule has 1 N–H and O–H groups in total. The number of rotatable bonds is 5. The first-order valence-electron chi connectivity index (χ1n) is 8.00. The molecular formula is C21H16ClNO3. The second kappa shape index (κ2) is 8.32. The van der Waals surface area contributed by atoms with E-state index in [9.17, 15) is 9.59 Å². The van der Waals surface area contributed by atoms with Gasteiger partial charge in [0.1, 0.15) is 0 Å². The summed E-state index contributed by atoms with van der Waals surface area (Å²) in [6.07, 6.45) is 2.79. The maximum absolute atomic E-state index is 12.1. The summed E-state index contributed by atoms with van der Waals surface area (Å²) >= 11 is 6.01. The van der Waals surface area contributed by atoms with Crippen LogP contribution in [-0.4, -0.2) is 18.5 Å². The Morgan fingerprint density at radius 1 is 0.962 bits per heavy atom. The van der Waals surface area contributed by atoms with Gasteiger partial charge in [0.15, 0.2) is 6.61 Å². The van der Waals surface area contributed by atoms with Gasteiger partial charge in [-0.05, 0) is 29.2 Å². The average Bonchev–Trinajstić information content (AvgIpc) is 2.66. The minimum atomic E-state index is -0.613. The smallest absolute Gasteiger partial charge is 0.331 e. The van der Waals surface area contributed by atoms with E-state index in [0.717, 1.165) is 10.8 Å². The maximum atomic E-state index is 12.1. The van der Waals surface area contributed by atoms with Crippen LogP contribution in [0.3, 0.4) is 0 Å². The van der Waals surface area contributed by atoms with Crippen molar-refractivity contribution in [1.82, 2.24) is 0 Å². The molecule has 0 aliphatic rings. The number of benzene rings is 3. The molecule has 3 aromatic rings. The highest BCUT2D eigenvalue weighted by Gasteiger charge is 2.08. The van der Waals surface area contributed by atoms with Crippen LogP contribution in [0, 0.1) is 0 Å². The summed E-state index contributed by atoms with van der Waals surface area (Å²) in [6.45, 7) is -0.366. The van der Waals surface area contributed by atoms with E-state index in [1.54, 1.807) is 30.3 Å². The predicted octanol–water partition coefficient (Wildman–Crippen LogP) is 4.69. The first-order chi connectivity index (χ1) is 12.6. The van der Waals surface area contributed by atoms with Crippen molar-refractivity contribution in [2.24, 2.45) is 0 Å². The van der Waals surface area contributed by atoms with E-state index in [1.165, 1.54) is 6.08 Å². The number of esters is 1. The molecule has 0 spiro atoms. The van der Waals surface area contributed by atoms with E-state index in [1.807, 2.05) is 42.5 Å². The Morgan fingerprint density at radius 2 is 1.69 bits per heavy atom. The number of halogens is 1. The van der Waals surface area contributed by atoms with Gasteiger partial charge in [0.2, 0.25) is 0 Å². The number of amides is 1. The summed E-state index contributed by atoms with van der Waals surface area (Å²) in [5.74, 6) is -1.01. The largest absolute Gasteiger partial charge is 0.452 e. The molecule has 0 aliphatic carbocycles. The van der Waals surface area contributed by atoms with Gasteiger partial charge in [-0.15, -0.1) is 0 Å². The zero-order valence-electron chi connectivity index (χ0n) is 13.8. The van der Waals surface area contributed by atoms with E-state index in [4.69, 9.17) is 16.3 Å². The first-order valence-corrected chi connectivity index (χ1v) is 8.38. The van der Waals surface area contributed by atoms with Gasteiger partial charge in [-0.3, -0.25) is 4.79 Å². The molecule has 0 aliphatic heterocycles. The molecule has 0 aromatic heterocycles. The number of carbonyl (C=O) groups excluding carboxylic acids is 2. The SMILES string of the molecule is O=C(COC(=O)/C=C/c1ccccc1Cl)Nc1cccc2ccccc12. The summed E-state index contributed by atoms with van der Waals surface area (Å²) < 4.78 is 4.97. The van der Waals surface area contributed by atoms with Crippen LogP contribution in [0.4, 0.5) is 5.69 Å². The molecule has 4 nitrogen and oxygen atoms in total. The van der Waals surface area contributed by atoms with Gasteiger partial charge in [0.25, 0.3) is 5.91 Å². The van der Waals surface area contributed by atoms with Gasteiger partial charge in [0.05, 0.1) is 0 Å². The predicted molar refractivity (Wildman–Crippen MR) is 104 cm³/mol. The van der Waals surface area contributed by atoms with Crippen LogP contribution in [0.2, 0.25) is 5.02 Å². The summed E-state index contributed by atoms with van der Waals surface area (Å²) in [5.41, 5.74) is 1.38. The number of fused-ring (bicyclic) bond motifs is 1. The third-order valence-corrected chi connectivity index (χ3v) is 4.06. The topological polar surface area (TPSA) is 55.4 Å². The van der Waals surface area contributed by atoms with Gasteiger partial charge >= 0.3 is 5.97 Å². The standard InChI is InChI=1S/C21H16ClNO3/c22-18-10-4-2-7-16(18)12-13-21(25)26-14-20(24)23-19-11-5-8-15-6-1-3-9-17(15)19/h1-13H,14H2,(H,23,24)/b13-12+. The lowest BCUT2D eigenvalue weighted by molar-refractivity contribution is -0.142. The molecule has 0 bridgehead atoms. The van der Waals surface area contributed by atoms with Crippen molar-refractivity contribution in [3.8, 4) is 0 Å². The molecule has 1 amide bonds. The quantitative estimate of drug-likeness (QED) is 0.527. The molecule has 0 saturated heterocycles. The van der Waals surface area contributed by atoms with Crippen molar-refractivity contribution in [2.45, 2.75) is 0 Å². The van der Waals surface area contributed by atoms with Crippen molar-refractivity contribution >= 4 is 46.0 Å². The van der Waals surface area contributed by atoms with E-state index >= 15 is 0 Å². The Morgan fingerprint density at radius 3 is 2.54 bits per heavy atom. The van der Waals surface area contributed by atoms with Gasteiger partial charge in [-0.1, -0.05) is 66.2 Å². The number of hydrogen-bond acceptors (Lipinski definition) is 3. The highest BCUT2D eigenvalue weighted by Crippen LogP contribution is 2.22. The fourth-order valence-electron chi connectivity index (χ4n) is 2.47. The van der Waals surface area contributed by atoms with Crippen molar-refractivity contribution < 1.29 is 14.3 Å². The first kappa shape index (κ1) is 17.7. The normalized spacial score (nSPS) is 10.8. The molecule has 130 valence electrons. The number of carbonyl (C=O) groups is 2. The van der Waals surface area contributed by atoms with Crippen molar-refractivity contribution in [2.75, 3.05) is 11.9 Å². The second-order valence-electron chi connectivity index (χ2n) is 5.54. The second-order valence-corrected chi connectivity index (χ2v) is 5.94. The van der Waals surface area contributed by atoms with Gasteiger partial charge < -0.3 is 10.1 Å². The molecule has 0 fully saturated rings. The molecule has 0 heterocycles. The molecular weight excluding hydrogens is 350 g/mol. The van der Waals surface area contributed by atoms with Crippen LogP contribution in [-0.2, 0) is 14.3 Å². The molecule has 3 rings (SSSR count). The van der Waals surface area contributed by atoms with Crippen molar-refractivity contribution in [3.63, 3.8) is 0 Å². The molecule has 5 heteroatoms. The Kier molecular flexibility index (Phi) is 5.66. The molecule has 3 aromatic carbocycles.